The van der Waals surface area contributed by atoms with Crippen LogP contribution in [0.3, 0.4) is 0 Å². The van der Waals surface area contributed by atoms with Gasteiger partial charge in [-0.1, -0.05) is 69.7 Å². The Morgan fingerprint density at radius 1 is 0.926 bits per heavy atom. The van der Waals surface area contributed by atoms with Gasteiger partial charge >= 0.3 is 0 Å². The molecular formula is C25H36O2. The first-order valence-electron chi connectivity index (χ1n) is 10.6. The van der Waals surface area contributed by atoms with Crippen LogP contribution in [-0.4, -0.2) is 18.3 Å². The molecule has 0 aliphatic heterocycles. The van der Waals surface area contributed by atoms with Crippen LogP contribution in [0.15, 0.2) is 54.6 Å². The average Bonchev–Trinajstić information content (AvgIpc) is 2.70. The summed E-state index contributed by atoms with van der Waals surface area (Å²) in [5, 5.41) is 9.83. The van der Waals surface area contributed by atoms with E-state index in [1.54, 1.807) is 0 Å². The largest absolute Gasteiger partial charge is 0.494 e. The molecular weight excluding hydrogens is 332 g/mol. The van der Waals surface area contributed by atoms with Gasteiger partial charge in [-0.3, -0.25) is 0 Å². The van der Waals surface area contributed by atoms with Gasteiger partial charge in [0.05, 0.1) is 6.61 Å². The molecule has 0 radical (unpaired) electrons. The second-order valence-electron chi connectivity index (χ2n) is 7.63. The molecule has 148 valence electrons. The molecule has 0 bridgehead atoms. The Balaban J connectivity index is 1.98. The number of aliphatic hydroxyl groups is 1. The minimum atomic E-state index is 0.217. The quantitative estimate of drug-likeness (QED) is 0.430. The zero-order valence-electron chi connectivity index (χ0n) is 17.2. The van der Waals surface area contributed by atoms with E-state index in [0.29, 0.717) is 11.8 Å². The van der Waals surface area contributed by atoms with Crippen LogP contribution in [0.2, 0.25) is 0 Å². The Labute approximate surface area is 165 Å². The first-order chi connectivity index (χ1) is 13.2. The van der Waals surface area contributed by atoms with E-state index in [-0.39, 0.29) is 12.5 Å². The average molecular weight is 369 g/mol. The van der Waals surface area contributed by atoms with Gasteiger partial charge in [-0.15, -0.1) is 0 Å². The van der Waals surface area contributed by atoms with Gasteiger partial charge in [0.2, 0.25) is 0 Å². The fourth-order valence-electron chi connectivity index (χ4n) is 3.89. The summed E-state index contributed by atoms with van der Waals surface area (Å²) >= 11 is 0. The van der Waals surface area contributed by atoms with Crippen LogP contribution < -0.4 is 4.74 Å². The standard InChI is InChI=1S/C25H36O2/c1-4-6-17-27-24-14-10-13-22(18-24)25(5-2)20(3)15-16-23(19-26)21-11-8-7-9-12-21/h7-14,18,20,23,25-26H,4-6,15-17,19H2,1-3H3/t20-,23-,25+/m0/s1. The summed E-state index contributed by atoms with van der Waals surface area (Å²) < 4.78 is 5.90. The SMILES string of the molecule is CCCCOc1cccc([C@H](CC)[C@@H](C)CC[C@@H](CO)c2ccccc2)c1. The molecule has 0 aliphatic carbocycles. The van der Waals surface area contributed by atoms with E-state index in [1.807, 2.05) is 6.07 Å². The van der Waals surface area contributed by atoms with Gasteiger partial charge in [-0.2, -0.15) is 0 Å². The predicted molar refractivity (Wildman–Crippen MR) is 115 cm³/mol. The van der Waals surface area contributed by atoms with E-state index in [1.165, 1.54) is 11.1 Å². The Hall–Kier alpha value is -1.80. The van der Waals surface area contributed by atoms with Crippen LogP contribution in [0.4, 0.5) is 0 Å². The molecule has 0 amide bonds. The van der Waals surface area contributed by atoms with Crippen molar-refractivity contribution in [2.75, 3.05) is 13.2 Å². The molecule has 0 unspecified atom stereocenters. The van der Waals surface area contributed by atoms with Crippen molar-refractivity contribution >= 4 is 0 Å². The van der Waals surface area contributed by atoms with E-state index in [2.05, 4.69) is 69.3 Å². The molecule has 0 spiro atoms. The van der Waals surface area contributed by atoms with Crippen LogP contribution in [0.1, 0.15) is 75.8 Å². The minimum absolute atomic E-state index is 0.217. The topological polar surface area (TPSA) is 29.5 Å². The molecule has 2 aromatic carbocycles. The summed E-state index contributed by atoms with van der Waals surface area (Å²) in [7, 11) is 0. The van der Waals surface area contributed by atoms with Crippen molar-refractivity contribution in [3.8, 4) is 5.75 Å². The molecule has 1 N–H and O–H groups in total. The Kier molecular flexibility index (Phi) is 9.41. The molecule has 0 saturated carbocycles. The summed E-state index contributed by atoms with van der Waals surface area (Å²) in [5.41, 5.74) is 2.62. The molecule has 0 saturated heterocycles. The molecule has 2 heteroatoms. The molecule has 3 atom stereocenters. The molecule has 27 heavy (non-hydrogen) atoms. The Morgan fingerprint density at radius 3 is 2.33 bits per heavy atom. The van der Waals surface area contributed by atoms with E-state index in [9.17, 15) is 5.11 Å². The number of aliphatic hydroxyl groups excluding tert-OH is 1. The van der Waals surface area contributed by atoms with Crippen LogP contribution >= 0.6 is 0 Å². The lowest BCUT2D eigenvalue weighted by atomic mass is 9.80. The molecule has 0 fully saturated rings. The maximum atomic E-state index is 9.83. The summed E-state index contributed by atoms with van der Waals surface area (Å²) in [6.07, 6.45) is 5.50. The predicted octanol–water partition coefficient (Wildman–Crippen LogP) is 6.55. The lowest BCUT2D eigenvalue weighted by Gasteiger charge is -2.25. The van der Waals surface area contributed by atoms with Gasteiger partial charge in [0.25, 0.3) is 0 Å². The van der Waals surface area contributed by atoms with Crippen molar-refractivity contribution in [2.45, 2.75) is 64.7 Å². The Morgan fingerprint density at radius 2 is 1.67 bits per heavy atom. The van der Waals surface area contributed by atoms with Gasteiger partial charge in [0.1, 0.15) is 5.75 Å². The van der Waals surface area contributed by atoms with Crippen molar-refractivity contribution in [1.82, 2.24) is 0 Å². The second-order valence-corrected chi connectivity index (χ2v) is 7.63. The van der Waals surface area contributed by atoms with E-state index < -0.39 is 0 Å². The maximum absolute atomic E-state index is 9.83. The highest BCUT2D eigenvalue weighted by Gasteiger charge is 2.20. The highest BCUT2D eigenvalue weighted by molar-refractivity contribution is 5.31. The number of unbranched alkanes of at least 4 members (excludes halogenated alkanes) is 1. The third kappa shape index (κ3) is 6.70. The highest BCUT2D eigenvalue weighted by atomic mass is 16.5. The van der Waals surface area contributed by atoms with Crippen molar-refractivity contribution in [3.05, 3.63) is 65.7 Å². The second kappa shape index (κ2) is 11.8. The van der Waals surface area contributed by atoms with Gasteiger partial charge in [0, 0.05) is 12.5 Å². The third-order valence-electron chi connectivity index (χ3n) is 5.64. The molecule has 0 aliphatic rings. The number of hydrogen-bond donors (Lipinski definition) is 1. The molecule has 2 aromatic rings. The van der Waals surface area contributed by atoms with E-state index in [4.69, 9.17) is 4.74 Å². The van der Waals surface area contributed by atoms with Crippen molar-refractivity contribution in [2.24, 2.45) is 5.92 Å². The first-order valence-corrected chi connectivity index (χ1v) is 10.6. The molecule has 2 rings (SSSR count). The minimum Gasteiger partial charge on any atom is -0.494 e. The number of rotatable bonds is 12. The number of ether oxygens (including phenoxy) is 1. The van der Waals surface area contributed by atoms with Crippen molar-refractivity contribution < 1.29 is 9.84 Å². The van der Waals surface area contributed by atoms with Crippen molar-refractivity contribution in [1.29, 1.82) is 0 Å². The normalized spacial score (nSPS) is 14.5. The van der Waals surface area contributed by atoms with Crippen LogP contribution in [0.5, 0.6) is 5.75 Å². The third-order valence-corrected chi connectivity index (χ3v) is 5.64. The zero-order valence-corrected chi connectivity index (χ0v) is 17.2. The lowest BCUT2D eigenvalue weighted by molar-refractivity contribution is 0.249. The lowest BCUT2D eigenvalue weighted by Crippen LogP contribution is -2.12. The zero-order chi connectivity index (χ0) is 19.5. The summed E-state index contributed by atoms with van der Waals surface area (Å²) in [4.78, 5) is 0. The molecule has 0 aromatic heterocycles. The summed E-state index contributed by atoms with van der Waals surface area (Å²) in [5.74, 6) is 2.31. The van der Waals surface area contributed by atoms with Crippen LogP contribution in [0.25, 0.3) is 0 Å². The summed E-state index contributed by atoms with van der Waals surface area (Å²) in [6, 6.07) is 19.0. The fourth-order valence-corrected chi connectivity index (χ4v) is 3.89. The summed E-state index contributed by atoms with van der Waals surface area (Å²) in [6.45, 7) is 7.81. The molecule has 0 heterocycles. The van der Waals surface area contributed by atoms with Gasteiger partial charge in [-0.25, -0.2) is 0 Å². The number of hydrogen-bond acceptors (Lipinski definition) is 2. The van der Waals surface area contributed by atoms with Crippen LogP contribution in [-0.2, 0) is 0 Å². The number of benzene rings is 2. The van der Waals surface area contributed by atoms with E-state index >= 15 is 0 Å². The molecule has 2 nitrogen and oxygen atoms in total. The first kappa shape index (κ1) is 21.5. The smallest absolute Gasteiger partial charge is 0.119 e. The van der Waals surface area contributed by atoms with Crippen LogP contribution in [0, 0.1) is 5.92 Å². The monoisotopic (exact) mass is 368 g/mol. The van der Waals surface area contributed by atoms with E-state index in [0.717, 1.165) is 44.5 Å². The van der Waals surface area contributed by atoms with Gasteiger partial charge in [0.15, 0.2) is 0 Å². The van der Waals surface area contributed by atoms with Gasteiger partial charge < -0.3 is 9.84 Å². The van der Waals surface area contributed by atoms with Gasteiger partial charge in [-0.05, 0) is 60.8 Å². The Bertz CT molecular complexity index is 638. The highest BCUT2D eigenvalue weighted by Crippen LogP contribution is 2.34. The van der Waals surface area contributed by atoms with Crippen molar-refractivity contribution in [3.63, 3.8) is 0 Å². The maximum Gasteiger partial charge on any atom is 0.119 e. The fraction of sp³-hybridized carbons (Fsp3) is 0.520.